The van der Waals surface area contributed by atoms with Gasteiger partial charge in [-0.2, -0.15) is 0 Å². The van der Waals surface area contributed by atoms with Gasteiger partial charge in [-0.3, -0.25) is 4.79 Å². The van der Waals surface area contributed by atoms with E-state index in [0.29, 0.717) is 39.9 Å². The molecule has 3 rings (SSSR count). The van der Waals surface area contributed by atoms with Crippen molar-refractivity contribution in [3.63, 3.8) is 0 Å². The second-order valence-corrected chi connectivity index (χ2v) is 5.91. The molecule has 8 nitrogen and oxygen atoms in total. The molecule has 152 valence electrons. The summed E-state index contributed by atoms with van der Waals surface area (Å²) < 4.78 is 31.5. The Bertz CT molecular complexity index is 977. The van der Waals surface area contributed by atoms with E-state index in [1.54, 1.807) is 36.4 Å². The number of carbonyl (C=O) groups is 2. The fourth-order valence-corrected chi connectivity index (χ4v) is 2.77. The second-order valence-electron chi connectivity index (χ2n) is 5.91. The average molecular weight is 400 g/mol. The van der Waals surface area contributed by atoms with E-state index in [1.165, 1.54) is 28.4 Å². The van der Waals surface area contributed by atoms with Gasteiger partial charge in [0, 0.05) is 17.7 Å². The third-order valence-electron chi connectivity index (χ3n) is 4.25. The minimum Gasteiger partial charge on any atom is -0.496 e. The summed E-state index contributed by atoms with van der Waals surface area (Å²) >= 11 is 0. The number of hydrogen-bond acceptors (Lipinski definition) is 8. The molecule has 2 aromatic rings. The van der Waals surface area contributed by atoms with Crippen LogP contribution in [0.4, 0.5) is 0 Å². The number of benzene rings is 2. The van der Waals surface area contributed by atoms with Crippen molar-refractivity contribution >= 4 is 17.8 Å². The number of esters is 1. The number of Topliss-reactive ketones (excluding diaryl/α,β-unsaturated/α-hetero) is 1. The normalized spacial score (nSPS) is 13.5. The smallest absolute Gasteiger partial charge is 0.343 e. The van der Waals surface area contributed by atoms with Gasteiger partial charge in [-0.05, 0) is 24.3 Å². The van der Waals surface area contributed by atoms with Crippen molar-refractivity contribution in [2.45, 2.75) is 0 Å². The highest BCUT2D eigenvalue weighted by Gasteiger charge is 2.28. The molecule has 2 aromatic carbocycles. The number of fused-ring (bicyclic) bond motifs is 1. The van der Waals surface area contributed by atoms with E-state index in [1.807, 2.05) is 0 Å². The SMILES string of the molecule is COC(=O)COc1ccc2c(c1)O/C(=C\c1cc(OC)c(OC)cc1OC)C2=O. The molecule has 1 heterocycles. The van der Waals surface area contributed by atoms with Gasteiger partial charge in [-0.25, -0.2) is 4.79 Å². The number of methoxy groups -OCH3 is 4. The highest BCUT2D eigenvalue weighted by atomic mass is 16.6. The van der Waals surface area contributed by atoms with Crippen LogP contribution in [-0.2, 0) is 9.53 Å². The van der Waals surface area contributed by atoms with E-state index in [2.05, 4.69) is 4.74 Å². The van der Waals surface area contributed by atoms with Crippen molar-refractivity contribution in [2.24, 2.45) is 0 Å². The Morgan fingerprint density at radius 3 is 2.31 bits per heavy atom. The van der Waals surface area contributed by atoms with Crippen molar-refractivity contribution < 1.29 is 38.0 Å². The zero-order chi connectivity index (χ0) is 21.0. The van der Waals surface area contributed by atoms with E-state index >= 15 is 0 Å². The number of rotatable bonds is 7. The topological polar surface area (TPSA) is 89.5 Å². The van der Waals surface area contributed by atoms with E-state index in [4.69, 9.17) is 23.7 Å². The van der Waals surface area contributed by atoms with Crippen molar-refractivity contribution in [1.29, 1.82) is 0 Å². The van der Waals surface area contributed by atoms with Crippen LogP contribution in [-0.4, -0.2) is 46.8 Å². The summed E-state index contributed by atoms with van der Waals surface area (Å²) in [6.45, 7) is -0.241. The molecule has 0 aromatic heterocycles. The molecule has 0 spiro atoms. The largest absolute Gasteiger partial charge is 0.496 e. The maximum Gasteiger partial charge on any atom is 0.343 e. The van der Waals surface area contributed by atoms with Crippen LogP contribution in [0.2, 0.25) is 0 Å². The van der Waals surface area contributed by atoms with Crippen molar-refractivity contribution in [3.8, 4) is 28.7 Å². The number of allylic oxidation sites excluding steroid dienone is 1. The first kappa shape index (κ1) is 20.1. The lowest BCUT2D eigenvalue weighted by Crippen LogP contribution is -2.12. The monoisotopic (exact) mass is 400 g/mol. The van der Waals surface area contributed by atoms with Crippen LogP contribution in [0.15, 0.2) is 36.1 Å². The van der Waals surface area contributed by atoms with Crippen LogP contribution in [0.1, 0.15) is 15.9 Å². The third-order valence-corrected chi connectivity index (χ3v) is 4.25. The Morgan fingerprint density at radius 1 is 0.966 bits per heavy atom. The summed E-state index contributed by atoms with van der Waals surface area (Å²) in [7, 11) is 5.83. The summed E-state index contributed by atoms with van der Waals surface area (Å²) in [6, 6.07) is 8.06. The Labute approximate surface area is 167 Å². The highest BCUT2D eigenvalue weighted by molar-refractivity contribution is 6.14. The van der Waals surface area contributed by atoms with Crippen molar-refractivity contribution in [3.05, 3.63) is 47.2 Å². The van der Waals surface area contributed by atoms with Crippen LogP contribution in [0, 0.1) is 0 Å². The minimum atomic E-state index is -0.511. The zero-order valence-electron chi connectivity index (χ0n) is 16.4. The summed E-state index contributed by atoms with van der Waals surface area (Å²) in [4.78, 5) is 23.9. The summed E-state index contributed by atoms with van der Waals surface area (Å²) in [5, 5.41) is 0. The second kappa shape index (κ2) is 8.55. The molecule has 0 N–H and O–H groups in total. The molecule has 0 saturated heterocycles. The third kappa shape index (κ3) is 4.11. The van der Waals surface area contributed by atoms with Crippen LogP contribution < -0.4 is 23.7 Å². The number of hydrogen-bond donors (Lipinski definition) is 0. The molecule has 0 atom stereocenters. The van der Waals surface area contributed by atoms with E-state index in [9.17, 15) is 9.59 Å². The molecule has 1 aliphatic heterocycles. The van der Waals surface area contributed by atoms with Gasteiger partial charge >= 0.3 is 5.97 Å². The van der Waals surface area contributed by atoms with E-state index < -0.39 is 5.97 Å². The molecule has 0 bridgehead atoms. The molecular weight excluding hydrogens is 380 g/mol. The highest BCUT2D eigenvalue weighted by Crippen LogP contribution is 2.38. The lowest BCUT2D eigenvalue weighted by Gasteiger charge is -2.12. The summed E-state index contributed by atoms with van der Waals surface area (Å²) in [5.74, 6) is 1.53. The Morgan fingerprint density at radius 2 is 1.66 bits per heavy atom. The molecule has 0 fully saturated rings. The molecule has 0 amide bonds. The molecule has 1 aliphatic rings. The van der Waals surface area contributed by atoms with Gasteiger partial charge in [-0.15, -0.1) is 0 Å². The fourth-order valence-electron chi connectivity index (χ4n) is 2.77. The predicted octanol–water partition coefficient (Wildman–Crippen LogP) is 2.88. The summed E-state index contributed by atoms with van der Waals surface area (Å²) in [6.07, 6.45) is 1.57. The van der Waals surface area contributed by atoms with E-state index in [-0.39, 0.29) is 18.1 Å². The average Bonchev–Trinajstić information content (AvgIpc) is 3.06. The quantitative estimate of drug-likeness (QED) is 0.518. The van der Waals surface area contributed by atoms with Crippen LogP contribution >= 0.6 is 0 Å². The first-order valence-corrected chi connectivity index (χ1v) is 8.58. The molecule has 0 radical (unpaired) electrons. The van der Waals surface area contributed by atoms with Gasteiger partial charge in [0.15, 0.2) is 23.9 Å². The zero-order valence-corrected chi connectivity index (χ0v) is 16.4. The first-order valence-electron chi connectivity index (χ1n) is 8.58. The maximum absolute atomic E-state index is 12.7. The standard InChI is InChI=1S/C21H20O8/c1-24-15-10-18(26-3)17(25-2)7-12(15)8-19-21(23)14-6-5-13(9-16(14)29-19)28-11-20(22)27-4/h5-10H,11H2,1-4H3/b19-8-. The van der Waals surface area contributed by atoms with Crippen LogP contribution in [0.3, 0.4) is 0 Å². The van der Waals surface area contributed by atoms with Crippen LogP contribution in [0.25, 0.3) is 6.08 Å². The molecule has 0 saturated carbocycles. The maximum atomic E-state index is 12.7. The molecule has 0 unspecified atom stereocenters. The van der Waals surface area contributed by atoms with Crippen molar-refractivity contribution in [1.82, 2.24) is 0 Å². The molecule has 0 aliphatic carbocycles. The van der Waals surface area contributed by atoms with Crippen LogP contribution in [0.5, 0.6) is 28.7 Å². The lowest BCUT2D eigenvalue weighted by molar-refractivity contribution is -0.142. The van der Waals surface area contributed by atoms with Gasteiger partial charge < -0.3 is 28.4 Å². The first-order chi connectivity index (χ1) is 14.0. The molecular formula is C21H20O8. The van der Waals surface area contributed by atoms with Gasteiger partial charge in [0.25, 0.3) is 0 Å². The van der Waals surface area contributed by atoms with Gasteiger partial charge in [-0.1, -0.05) is 0 Å². The van der Waals surface area contributed by atoms with Crippen molar-refractivity contribution in [2.75, 3.05) is 35.0 Å². The van der Waals surface area contributed by atoms with E-state index in [0.717, 1.165) is 0 Å². The number of ketones is 1. The van der Waals surface area contributed by atoms with Gasteiger partial charge in [0.1, 0.15) is 17.2 Å². The lowest BCUT2D eigenvalue weighted by atomic mass is 10.1. The van der Waals surface area contributed by atoms with Gasteiger partial charge in [0.2, 0.25) is 5.78 Å². The fraction of sp³-hybridized carbons (Fsp3) is 0.238. The minimum absolute atomic E-state index is 0.121. The number of carbonyl (C=O) groups excluding carboxylic acids is 2. The Hall–Kier alpha value is -3.68. The Kier molecular flexibility index (Phi) is 5.92. The molecule has 8 heteroatoms. The number of ether oxygens (including phenoxy) is 6. The van der Waals surface area contributed by atoms with Gasteiger partial charge in [0.05, 0.1) is 34.0 Å². The summed E-state index contributed by atoms with van der Waals surface area (Å²) in [5.41, 5.74) is 0.976. The molecule has 29 heavy (non-hydrogen) atoms. The Balaban J connectivity index is 1.89. The predicted molar refractivity (Wildman–Crippen MR) is 103 cm³/mol.